The van der Waals surface area contributed by atoms with Crippen LogP contribution in [-0.2, 0) is 21.9 Å². The molecule has 8 nitrogen and oxygen atoms in total. The minimum absolute atomic E-state index is 0.257. The lowest BCUT2D eigenvalue weighted by Crippen LogP contribution is -2.62. The van der Waals surface area contributed by atoms with E-state index in [-0.39, 0.29) is 5.57 Å². The number of allylic oxidation sites excluding steroid dienone is 1. The minimum atomic E-state index is -3.49. The molecule has 0 saturated carbocycles. The molecule has 0 amide bonds. The summed E-state index contributed by atoms with van der Waals surface area (Å²) < 4.78 is 25.2. The molecule has 0 aliphatic carbocycles. The van der Waals surface area contributed by atoms with Crippen LogP contribution in [0.4, 0.5) is 0 Å². The maximum atomic E-state index is 12.9. The summed E-state index contributed by atoms with van der Waals surface area (Å²) in [5.74, 6) is -0.794. The maximum Gasteiger partial charge on any atom is 0.502 e. The van der Waals surface area contributed by atoms with E-state index in [0.29, 0.717) is 11.6 Å². The number of esters is 1. The Balaban J connectivity index is 6.73. The van der Waals surface area contributed by atoms with Crippen LogP contribution in [0, 0.1) is 0 Å². The highest BCUT2D eigenvalue weighted by molar-refractivity contribution is 6.93. The van der Waals surface area contributed by atoms with E-state index in [1.165, 1.54) is 0 Å². The highest BCUT2D eigenvalue weighted by Gasteiger charge is 2.54. The lowest BCUT2D eigenvalue weighted by Gasteiger charge is -2.44. The van der Waals surface area contributed by atoms with Gasteiger partial charge in [0.2, 0.25) is 6.29 Å². The number of aliphatic hydroxyl groups is 3. The third-order valence-corrected chi connectivity index (χ3v) is 15.6. The topological polar surface area (TPSA) is 115 Å². The van der Waals surface area contributed by atoms with Crippen LogP contribution in [0.15, 0.2) is 10.8 Å². The van der Waals surface area contributed by atoms with Gasteiger partial charge in [0.15, 0.2) is 25.0 Å². The van der Waals surface area contributed by atoms with Crippen LogP contribution in [0.1, 0.15) is 26.7 Å². The number of aliphatic hydroxyl groups excluding tert-OH is 3. The fourth-order valence-corrected chi connectivity index (χ4v) is 16.7. The molecule has 0 bridgehead atoms. The van der Waals surface area contributed by atoms with Crippen LogP contribution < -0.4 is 0 Å². The van der Waals surface area contributed by atoms with Gasteiger partial charge < -0.3 is 32.4 Å². The second-order valence-electron chi connectivity index (χ2n) is 10.6. The van der Waals surface area contributed by atoms with Gasteiger partial charge in [-0.05, 0) is 72.3 Å². The number of carbonyl (C=O) groups excluding carboxylic acids is 1. The first-order chi connectivity index (χ1) is 13.8. The summed E-state index contributed by atoms with van der Waals surface area (Å²) in [6.45, 7) is 21.5. The van der Waals surface area contributed by atoms with Gasteiger partial charge in [-0.25, -0.2) is 4.79 Å². The summed E-state index contributed by atoms with van der Waals surface area (Å²) in [5.41, 5.74) is 0.257. The van der Waals surface area contributed by atoms with Crippen molar-refractivity contribution >= 4 is 39.7 Å². The number of carbonyl (C=O) groups is 1. The van der Waals surface area contributed by atoms with Gasteiger partial charge >= 0.3 is 14.8 Å². The van der Waals surface area contributed by atoms with Crippen molar-refractivity contribution in [3.63, 3.8) is 0 Å². The number of hydrogen-bond donors (Lipinski definition) is 3. The molecule has 0 heterocycles. The van der Waals surface area contributed by atoms with Crippen molar-refractivity contribution in [1.29, 1.82) is 0 Å². The highest BCUT2D eigenvalue weighted by Crippen LogP contribution is 2.35. The van der Waals surface area contributed by atoms with Gasteiger partial charge in [-0.3, -0.25) is 0 Å². The lowest BCUT2D eigenvalue weighted by atomic mass is 10.2. The van der Waals surface area contributed by atoms with Crippen LogP contribution in [0.5, 0.6) is 0 Å². The Morgan fingerprint density at radius 2 is 1.23 bits per heavy atom. The number of ether oxygens (including phenoxy) is 1. The Morgan fingerprint density at radius 3 is 1.52 bits per heavy atom. The molecule has 0 aromatic heterocycles. The van der Waals surface area contributed by atoms with Crippen molar-refractivity contribution < 1.29 is 37.2 Å². The van der Waals surface area contributed by atoms with Gasteiger partial charge in [0.25, 0.3) is 0 Å². The summed E-state index contributed by atoms with van der Waals surface area (Å²) in [6.07, 6.45) is -2.16. The van der Waals surface area contributed by atoms with Crippen molar-refractivity contribution in [2.24, 2.45) is 0 Å². The third kappa shape index (κ3) is 11.5. The fraction of sp³-hybridized carbons (Fsp3) is 0.842. The average Bonchev–Trinajstić information content (AvgIpc) is 2.53. The molecule has 12 heteroatoms. The minimum Gasteiger partial charge on any atom is -0.430 e. The molecule has 0 aromatic carbocycles. The molecule has 0 spiro atoms. The largest absolute Gasteiger partial charge is 0.502 e. The van der Waals surface area contributed by atoms with E-state index >= 15 is 0 Å². The number of hydrogen-bond acceptors (Lipinski definition) is 8. The van der Waals surface area contributed by atoms with Gasteiger partial charge in [0.1, 0.15) is 6.10 Å². The van der Waals surface area contributed by atoms with Crippen molar-refractivity contribution in [3.05, 3.63) is 10.8 Å². The SMILES string of the molecule is CCC/C(=C(/C)C(=O)OC(O)C(O)CO)[Si](O[Si](C)(C)C)(O[Si](C)(C)C)O[Si](C)(C)C. The quantitative estimate of drug-likeness (QED) is 0.149. The van der Waals surface area contributed by atoms with Crippen molar-refractivity contribution in [2.75, 3.05) is 6.61 Å². The van der Waals surface area contributed by atoms with E-state index in [2.05, 4.69) is 58.9 Å². The normalized spacial score (nSPS) is 16.6. The molecule has 0 saturated heterocycles. The maximum absolute atomic E-state index is 12.9. The first-order valence-electron chi connectivity index (χ1n) is 10.8. The molecule has 31 heavy (non-hydrogen) atoms. The van der Waals surface area contributed by atoms with Crippen LogP contribution in [-0.4, -0.2) is 74.0 Å². The van der Waals surface area contributed by atoms with E-state index < -0.39 is 58.7 Å². The first kappa shape index (κ1) is 30.8. The van der Waals surface area contributed by atoms with E-state index in [4.69, 9.17) is 22.2 Å². The number of rotatable bonds is 13. The molecule has 0 radical (unpaired) electrons. The summed E-state index contributed by atoms with van der Waals surface area (Å²) in [4.78, 5) is 12.9. The lowest BCUT2D eigenvalue weighted by molar-refractivity contribution is -0.186. The van der Waals surface area contributed by atoms with E-state index in [9.17, 15) is 15.0 Å². The molecule has 0 fully saturated rings. The molecule has 2 atom stereocenters. The zero-order valence-electron chi connectivity index (χ0n) is 21.2. The van der Waals surface area contributed by atoms with Crippen molar-refractivity contribution in [2.45, 2.75) is 98.0 Å². The summed E-state index contributed by atoms with van der Waals surface area (Å²) in [7, 11) is -10.0. The van der Waals surface area contributed by atoms with Gasteiger partial charge in [-0.1, -0.05) is 13.3 Å². The summed E-state index contributed by atoms with van der Waals surface area (Å²) in [6, 6.07) is 0. The fourth-order valence-electron chi connectivity index (χ4n) is 2.77. The van der Waals surface area contributed by atoms with Crippen LogP contribution >= 0.6 is 0 Å². The van der Waals surface area contributed by atoms with Gasteiger partial charge in [0.05, 0.1) is 6.61 Å². The Hall–Kier alpha value is -0.162. The third-order valence-electron chi connectivity index (χ3n) is 3.69. The van der Waals surface area contributed by atoms with E-state index in [1.54, 1.807) is 6.92 Å². The van der Waals surface area contributed by atoms with Gasteiger partial charge in [-0.2, -0.15) is 0 Å². The molecule has 3 N–H and O–H groups in total. The molecule has 0 rings (SSSR count). The molecular weight excluding hydrogens is 469 g/mol. The van der Waals surface area contributed by atoms with E-state index in [0.717, 1.165) is 6.42 Å². The predicted octanol–water partition coefficient (Wildman–Crippen LogP) is 3.35. The summed E-state index contributed by atoms with van der Waals surface area (Å²) >= 11 is 0. The average molecular weight is 513 g/mol. The van der Waals surface area contributed by atoms with Crippen LogP contribution in [0.2, 0.25) is 58.9 Å². The Morgan fingerprint density at radius 1 is 0.839 bits per heavy atom. The van der Waals surface area contributed by atoms with Crippen molar-refractivity contribution in [3.8, 4) is 0 Å². The van der Waals surface area contributed by atoms with Crippen LogP contribution in [0.3, 0.4) is 0 Å². The van der Waals surface area contributed by atoms with Gasteiger partial charge in [-0.15, -0.1) is 0 Å². The monoisotopic (exact) mass is 512 g/mol. The Labute approximate surface area is 192 Å². The molecule has 0 aromatic rings. The Bertz CT molecular complexity index is 579. The standard InChI is InChI=1S/C19H44O8Si4/c1-12-13-17(15(2)18(22)24-19(23)16(21)14-20)31(25-28(3,4)5,26-29(6,7)8)27-30(9,10)11/h16,19-21,23H,12-14H2,1-11H3/b17-15+. The van der Waals surface area contributed by atoms with Crippen LogP contribution in [0.25, 0.3) is 0 Å². The second-order valence-corrected chi connectivity index (χ2v) is 27.4. The molecule has 0 aliphatic rings. The smallest absolute Gasteiger partial charge is 0.430 e. The molecular formula is C19H44O8Si4. The summed E-state index contributed by atoms with van der Waals surface area (Å²) in [5, 5.41) is 29.1. The van der Waals surface area contributed by atoms with Crippen molar-refractivity contribution in [1.82, 2.24) is 0 Å². The Kier molecular flexibility index (Phi) is 11.7. The molecule has 184 valence electrons. The van der Waals surface area contributed by atoms with Gasteiger partial charge in [0, 0.05) is 10.8 Å². The zero-order valence-corrected chi connectivity index (χ0v) is 25.2. The molecule has 2 unspecified atom stereocenters. The van der Waals surface area contributed by atoms with E-state index in [1.807, 2.05) is 6.92 Å². The highest BCUT2D eigenvalue weighted by atomic mass is 28.5. The first-order valence-corrected chi connectivity index (χ1v) is 22.7. The predicted molar refractivity (Wildman–Crippen MR) is 132 cm³/mol. The molecule has 0 aliphatic heterocycles. The zero-order chi connectivity index (χ0) is 24.8. The second kappa shape index (κ2) is 11.8.